The molecule has 0 spiro atoms. The second-order valence-corrected chi connectivity index (χ2v) is 6.09. The maximum Gasteiger partial charge on any atom is 0.124 e. The van der Waals surface area contributed by atoms with E-state index < -0.39 is 0 Å². The van der Waals surface area contributed by atoms with Crippen LogP contribution in [0, 0.1) is 5.92 Å². The zero-order valence-electron chi connectivity index (χ0n) is 12.5. The van der Waals surface area contributed by atoms with Crippen LogP contribution in [0.3, 0.4) is 0 Å². The molecule has 3 heteroatoms. The Morgan fingerprint density at radius 2 is 2.10 bits per heavy atom. The number of rotatable bonds is 4. The van der Waals surface area contributed by atoms with Crippen LogP contribution in [0.1, 0.15) is 57.8 Å². The Morgan fingerprint density at radius 3 is 2.90 bits per heavy atom. The van der Waals surface area contributed by atoms with E-state index in [-0.39, 0.29) is 0 Å². The third-order valence-electron chi connectivity index (χ3n) is 4.72. The Labute approximate surface area is 121 Å². The molecule has 3 rings (SSSR count). The van der Waals surface area contributed by atoms with Crippen molar-refractivity contribution in [3.63, 3.8) is 0 Å². The summed E-state index contributed by atoms with van der Waals surface area (Å²) in [5.74, 6) is 1.89. The van der Waals surface area contributed by atoms with Crippen LogP contribution in [0.25, 0.3) is 11.0 Å². The standard InChI is InChI=1S/C17H25N3/c1-3-13-8-4-5-9-14(13)18-12(2)17-19-15-10-6-7-11-16(15)20-17/h6-7,10-14,18H,3-5,8-9H2,1-2H3,(H,19,20). The first-order valence-electron chi connectivity index (χ1n) is 7.98. The average Bonchev–Trinajstić information content (AvgIpc) is 2.92. The van der Waals surface area contributed by atoms with Gasteiger partial charge < -0.3 is 10.3 Å². The largest absolute Gasteiger partial charge is 0.341 e. The van der Waals surface area contributed by atoms with E-state index in [1.165, 1.54) is 32.1 Å². The third kappa shape index (κ3) is 2.73. The van der Waals surface area contributed by atoms with Crippen molar-refractivity contribution < 1.29 is 0 Å². The van der Waals surface area contributed by atoms with Gasteiger partial charge in [-0.1, -0.05) is 38.3 Å². The maximum absolute atomic E-state index is 4.71. The molecule has 1 aromatic heterocycles. The summed E-state index contributed by atoms with van der Waals surface area (Å²) in [6.45, 7) is 4.54. The average molecular weight is 271 g/mol. The van der Waals surface area contributed by atoms with E-state index in [0.717, 1.165) is 22.8 Å². The number of benzene rings is 1. The molecule has 1 aromatic carbocycles. The normalized spacial score (nSPS) is 24.9. The van der Waals surface area contributed by atoms with E-state index in [1.54, 1.807) is 0 Å². The lowest BCUT2D eigenvalue weighted by Gasteiger charge is -2.33. The zero-order chi connectivity index (χ0) is 13.9. The molecule has 0 aliphatic heterocycles. The lowest BCUT2D eigenvalue weighted by molar-refractivity contribution is 0.239. The van der Waals surface area contributed by atoms with Gasteiger partial charge in [-0.15, -0.1) is 0 Å². The van der Waals surface area contributed by atoms with E-state index in [1.807, 2.05) is 6.07 Å². The van der Waals surface area contributed by atoms with Crippen LogP contribution in [-0.2, 0) is 0 Å². The topological polar surface area (TPSA) is 40.7 Å². The molecule has 0 bridgehead atoms. The minimum absolute atomic E-state index is 0.291. The van der Waals surface area contributed by atoms with Crippen LogP contribution in [0.4, 0.5) is 0 Å². The highest BCUT2D eigenvalue weighted by Crippen LogP contribution is 2.28. The fraction of sp³-hybridized carbons (Fsp3) is 0.588. The van der Waals surface area contributed by atoms with Crippen LogP contribution < -0.4 is 5.32 Å². The van der Waals surface area contributed by atoms with Gasteiger partial charge in [0.2, 0.25) is 0 Å². The molecule has 20 heavy (non-hydrogen) atoms. The van der Waals surface area contributed by atoms with Gasteiger partial charge in [0.25, 0.3) is 0 Å². The second-order valence-electron chi connectivity index (χ2n) is 6.09. The van der Waals surface area contributed by atoms with Gasteiger partial charge in [0.05, 0.1) is 17.1 Å². The Hall–Kier alpha value is -1.35. The lowest BCUT2D eigenvalue weighted by atomic mass is 9.82. The maximum atomic E-state index is 4.71. The van der Waals surface area contributed by atoms with E-state index >= 15 is 0 Å². The Bertz CT molecular complexity index is 527. The van der Waals surface area contributed by atoms with E-state index in [4.69, 9.17) is 4.98 Å². The predicted molar refractivity (Wildman–Crippen MR) is 83.7 cm³/mol. The molecule has 1 aliphatic rings. The Kier molecular flexibility index (Phi) is 4.06. The molecule has 2 N–H and O–H groups in total. The molecule has 1 saturated carbocycles. The molecule has 0 radical (unpaired) electrons. The van der Waals surface area contributed by atoms with Crippen molar-refractivity contribution in [2.24, 2.45) is 5.92 Å². The third-order valence-corrected chi connectivity index (χ3v) is 4.72. The van der Waals surface area contributed by atoms with Crippen molar-refractivity contribution in [1.29, 1.82) is 0 Å². The van der Waals surface area contributed by atoms with Gasteiger partial charge in [0.15, 0.2) is 0 Å². The van der Waals surface area contributed by atoms with E-state index in [9.17, 15) is 0 Å². The lowest BCUT2D eigenvalue weighted by Crippen LogP contribution is -2.39. The molecule has 0 saturated heterocycles. The molecule has 2 aromatic rings. The van der Waals surface area contributed by atoms with Gasteiger partial charge in [-0.3, -0.25) is 0 Å². The smallest absolute Gasteiger partial charge is 0.124 e. The van der Waals surface area contributed by atoms with Crippen LogP contribution in [-0.4, -0.2) is 16.0 Å². The number of imidazole rings is 1. The summed E-state index contributed by atoms with van der Waals surface area (Å²) >= 11 is 0. The van der Waals surface area contributed by atoms with Crippen LogP contribution in [0.2, 0.25) is 0 Å². The van der Waals surface area contributed by atoms with Crippen LogP contribution in [0.5, 0.6) is 0 Å². The quantitative estimate of drug-likeness (QED) is 0.875. The number of aromatic amines is 1. The van der Waals surface area contributed by atoms with Crippen molar-refractivity contribution in [1.82, 2.24) is 15.3 Å². The monoisotopic (exact) mass is 271 g/mol. The molecule has 3 atom stereocenters. The van der Waals surface area contributed by atoms with Gasteiger partial charge in [-0.05, 0) is 37.8 Å². The summed E-state index contributed by atoms with van der Waals surface area (Å²) in [6, 6.07) is 9.19. The second kappa shape index (κ2) is 5.96. The minimum atomic E-state index is 0.291. The first-order valence-corrected chi connectivity index (χ1v) is 7.98. The molecule has 108 valence electrons. The van der Waals surface area contributed by atoms with E-state index in [2.05, 4.69) is 42.3 Å². The van der Waals surface area contributed by atoms with Crippen molar-refractivity contribution in [2.45, 2.75) is 58.0 Å². The predicted octanol–water partition coefficient (Wildman–Crippen LogP) is 4.18. The SMILES string of the molecule is CCC1CCCCC1NC(C)c1nc2ccccc2[nH]1. The van der Waals surface area contributed by atoms with Crippen molar-refractivity contribution in [3.8, 4) is 0 Å². The number of nitrogens with one attached hydrogen (secondary N) is 2. The number of hydrogen-bond donors (Lipinski definition) is 2. The summed E-state index contributed by atoms with van der Waals surface area (Å²) in [6.07, 6.45) is 6.73. The van der Waals surface area contributed by atoms with Gasteiger partial charge in [0.1, 0.15) is 5.82 Å². The molecule has 1 fully saturated rings. The van der Waals surface area contributed by atoms with Gasteiger partial charge in [0, 0.05) is 6.04 Å². The highest BCUT2D eigenvalue weighted by Gasteiger charge is 2.25. The van der Waals surface area contributed by atoms with Gasteiger partial charge in [-0.2, -0.15) is 0 Å². The molecular weight excluding hydrogens is 246 g/mol. The molecule has 1 heterocycles. The summed E-state index contributed by atoms with van der Waals surface area (Å²) in [5.41, 5.74) is 2.19. The number of hydrogen-bond acceptors (Lipinski definition) is 2. The first-order chi connectivity index (χ1) is 9.78. The summed E-state index contributed by atoms with van der Waals surface area (Å²) in [5, 5.41) is 3.80. The van der Waals surface area contributed by atoms with Crippen molar-refractivity contribution >= 4 is 11.0 Å². The summed E-state index contributed by atoms with van der Waals surface area (Å²) in [7, 11) is 0. The van der Waals surface area contributed by atoms with Crippen LogP contribution >= 0.6 is 0 Å². The summed E-state index contributed by atoms with van der Waals surface area (Å²) < 4.78 is 0. The van der Waals surface area contributed by atoms with Gasteiger partial charge >= 0.3 is 0 Å². The van der Waals surface area contributed by atoms with Crippen LogP contribution in [0.15, 0.2) is 24.3 Å². The molecular formula is C17H25N3. The highest BCUT2D eigenvalue weighted by atomic mass is 15.0. The minimum Gasteiger partial charge on any atom is -0.341 e. The highest BCUT2D eigenvalue weighted by molar-refractivity contribution is 5.74. The molecule has 0 amide bonds. The number of nitrogens with zero attached hydrogens (tertiary/aromatic N) is 1. The number of para-hydroxylation sites is 2. The Morgan fingerprint density at radius 1 is 1.30 bits per heavy atom. The number of H-pyrrole nitrogens is 1. The Balaban J connectivity index is 1.73. The number of aromatic nitrogens is 2. The molecule has 3 unspecified atom stereocenters. The summed E-state index contributed by atoms with van der Waals surface area (Å²) in [4.78, 5) is 8.16. The number of fused-ring (bicyclic) bond motifs is 1. The molecule has 3 nitrogen and oxygen atoms in total. The first kappa shape index (κ1) is 13.6. The fourth-order valence-corrected chi connectivity index (χ4v) is 3.49. The van der Waals surface area contributed by atoms with E-state index in [0.29, 0.717) is 12.1 Å². The van der Waals surface area contributed by atoms with Crippen molar-refractivity contribution in [3.05, 3.63) is 30.1 Å². The molecule has 1 aliphatic carbocycles. The van der Waals surface area contributed by atoms with Gasteiger partial charge in [-0.25, -0.2) is 4.98 Å². The zero-order valence-corrected chi connectivity index (χ0v) is 12.5. The fourth-order valence-electron chi connectivity index (χ4n) is 3.49. The van der Waals surface area contributed by atoms with Crippen molar-refractivity contribution in [2.75, 3.05) is 0 Å².